The summed E-state index contributed by atoms with van der Waals surface area (Å²) < 4.78 is 25.8. The lowest BCUT2D eigenvalue weighted by molar-refractivity contribution is 0.102. The monoisotopic (exact) mass is 389 g/mol. The van der Waals surface area contributed by atoms with Crippen LogP contribution >= 0.6 is 34.7 Å². The Hall–Kier alpha value is -1.02. The largest absolute Gasteiger partial charge is 0.320 e. The number of thiophene rings is 1. The summed E-state index contributed by atoms with van der Waals surface area (Å²) in [6.45, 7) is 3.25. The highest BCUT2D eigenvalue weighted by atomic mass is 35.5. The number of rotatable bonds is 5. The van der Waals surface area contributed by atoms with Gasteiger partial charge in [0.1, 0.15) is 4.90 Å². The third kappa shape index (κ3) is 3.91. The van der Waals surface area contributed by atoms with Crippen molar-refractivity contribution < 1.29 is 13.2 Å². The fraction of sp³-hybridized carbons (Fsp3) is 0.267. The van der Waals surface area contributed by atoms with E-state index in [-0.39, 0.29) is 10.8 Å². The van der Waals surface area contributed by atoms with Gasteiger partial charge in [-0.2, -0.15) is 0 Å². The standard InChI is InChI=1S/C15H16ClNO3S3/c1-9(2)23(19,20)13-12(8-22-15(13)21-3)17-14(18)10-4-6-11(16)7-5-10/h4-9H,1-3H3,(H,17,18). The molecule has 124 valence electrons. The molecule has 1 amide bonds. The van der Waals surface area contributed by atoms with Crippen LogP contribution in [0.1, 0.15) is 24.2 Å². The average Bonchev–Trinajstić information content (AvgIpc) is 2.91. The molecule has 0 aliphatic rings. The van der Waals surface area contributed by atoms with E-state index in [0.717, 1.165) is 0 Å². The van der Waals surface area contributed by atoms with Crippen LogP contribution in [0.2, 0.25) is 5.02 Å². The lowest BCUT2D eigenvalue weighted by Gasteiger charge is -2.12. The highest BCUT2D eigenvalue weighted by molar-refractivity contribution is 8.01. The molecule has 23 heavy (non-hydrogen) atoms. The number of benzene rings is 1. The number of amides is 1. The van der Waals surface area contributed by atoms with Gasteiger partial charge in [0.2, 0.25) is 0 Å². The molecule has 0 atom stereocenters. The molecule has 8 heteroatoms. The minimum absolute atomic E-state index is 0.201. The Balaban J connectivity index is 2.39. The van der Waals surface area contributed by atoms with Crippen molar-refractivity contribution in [2.45, 2.75) is 28.2 Å². The number of hydrogen-bond acceptors (Lipinski definition) is 5. The molecule has 0 radical (unpaired) electrons. The number of thioether (sulfide) groups is 1. The second-order valence-electron chi connectivity index (χ2n) is 5.02. The zero-order chi connectivity index (χ0) is 17.2. The van der Waals surface area contributed by atoms with E-state index in [0.29, 0.717) is 20.5 Å². The normalized spacial score (nSPS) is 11.7. The Kier molecular flexibility index (Phi) is 5.78. The molecule has 0 saturated heterocycles. The predicted octanol–water partition coefficient (Wildman–Crippen LogP) is 4.56. The Bertz CT molecular complexity index is 811. The smallest absolute Gasteiger partial charge is 0.255 e. The molecular weight excluding hydrogens is 374 g/mol. The van der Waals surface area contributed by atoms with Gasteiger partial charge >= 0.3 is 0 Å². The summed E-state index contributed by atoms with van der Waals surface area (Å²) in [5.74, 6) is -0.368. The quantitative estimate of drug-likeness (QED) is 0.761. The van der Waals surface area contributed by atoms with Gasteiger partial charge in [0.25, 0.3) is 5.91 Å². The van der Waals surface area contributed by atoms with Crippen molar-refractivity contribution in [1.82, 2.24) is 0 Å². The molecule has 1 N–H and O–H groups in total. The summed E-state index contributed by atoms with van der Waals surface area (Å²) in [6.07, 6.45) is 1.82. The molecule has 0 spiro atoms. The maximum atomic E-state index is 12.6. The third-order valence-electron chi connectivity index (χ3n) is 3.16. The van der Waals surface area contributed by atoms with Crippen LogP contribution in [0, 0.1) is 0 Å². The van der Waals surface area contributed by atoms with Crippen molar-refractivity contribution >= 4 is 56.1 Å². The first-order valence-corrected chi connectivity index (χ1v) is 10.8. The van der Waals surface area contributed by atoms with Crippen LogP contribution in [0.4, 0.5) is 5.69 Å². The topological polar surface area (TPSA) is 63.2 Å². The number of nitrogens with one attached hydrogen (secondary N) is 1. The van der Waals surface area contributed by atoms with Crippen molar-refractivity contribution in [3.05, 3.63) is 40.2 Å². The summed E-state index contributed by atoms with van der Waals surface area (Å²) in [6, 6.07) is 6.42. The number of hydrogen-bond donors (Lipinski definition) is 1. The fourth-order valence-electron chi connectivity index (χ4n) is 1.86. The number of halogens is 1. The molecule has 1 aromatic carbocycles. The number of carbonyl (C=O) groups is 1. The summed E-state index contributed by atoms with van der Waals surface area (Å²) >= 11 is 8.47. The SMILES string of the molecule is CSc1scc(NC(=O)c2ccc(Cl)cc2)c1S(=O)(=O)C(C)C. The van der Waals surface area contributed by atoms with Gasteiger partial charge in [-0.1, -0.05) is 11.6 Å². The molecule has 0 fully saturated rings. The first-order chi connectivity index (χ1) is 10.8. The molecule has 1 heterocycles. The van der Waals surface area contributed by atoms with Gasteiger partial charge in [-0.15, -0.1) is 23.1 Å². The van der Waals surface area contributed by atoms with Crippen LogP contribution in [0.5, 0.6) is 0 Å². The van der Waals surface area contributed by atoms with Gasteiger partial charge in [0.15, 0.2) is 9.84 Å². The van der Waals surface area contributed by atoms with Crippen molar-refractivity contribution in [3.63, 3.8) is 0 Å². The fourth-order valence-corrected chi connectivity index (χ4v) is 5.71. The lowest BCUT2D eigenvalue weighted by Crippen LogP contribution is -2.18. The Morgan fingerprint density at radius 3 is 2.39 bits per heavy atom. The molecule has 0 aliphatic heterocycles. The molecule has 2 rings (SSSR count). The van der Waals surface area contributed by atoms with E-state index >= 15 is 0 Å². The van der Waals surface area contributed by atoms with Gasteiger partial charge in [0, 0.05) is 16.0 Å². The maximum Gasteiger partial charge on any atom is 0.255 e. The van der Waals surface area contributed by atoms with Crippen LogP contribution in [-0.2, 0) is 9.84 Å². The molecule has 0 unspecified atom stereocenters. The summed E-state index contributed by atoms with van der Waals surface area (Å²) in [4.78, 5) is 12.5. The van der Waals surface area contributed by atoms with Crippen molar-refractivity contribution in [2.75, 3.05) is 11.6 Å². The molecular formula is C15H16ClNO3S3. The molecule has 4 nitrogen and oxygen atoms in total. The molecule has 2 aromatic rings. The van der Waals surface area contributed by atoms with Crippen molar-refractivity contribution in [1.29, 1.82) is 0 Å². The van der Waals surface area contributed by atoms with Crippen LogP contribution in [0.25, 0.3) is 0 Å². The third-order valence-corrected chi connectivity index (χ3v) is 8.04. The van der Waals surface area contributed by atoms with E-state index in [4.69, 9.17) is 11.6 Å². The molecule has 1 aromatic heterocycles. The van der Waals surface area contributed by atoms with E-state index in [1.807, 2.05) is 6.26 Å². The Labute approximate surface area is 149 Å². The molecule has 0 aliphatic carbocycles. The Morgan fingerprint density at radius 2 is 1.87 bits per heavy atom. The number of sulfone groups is 1. The van der Waals surface area contributed by atoms with E-state index in [2.05, 4.69) is 5.32 Å². The Morgan fingerprint density at radius 1 is 1.26 bits per heavy atom. The van der Waals surface area contributed by atoms with E-state index < -0.39 is 15.1 Å². The van der Waals surface area contributed by atoms with Gasteiger partial charge in [0.05, 0.1) is 15.1 Å². The van der Waals surface area contributed by atoms with Crippen molar-refractivity contribution in [3.8, 4) is 0 Å². The maximum absolute atomic E-state index is 12.6. The second kappa shape index (κ2) is 7.25. The molecule has 0 bridgehead atoms. The first-order valence-electron chi connectivity index (χ1n) is 6.73. The zero-order valence-electron chi connectivity index (χ0n) is 12.8. The summed E-state index contributed by atoms with van der Waals surface area (Å²) in [7, 11) is -3.49. The molecule has 0 saturated carbocycles. The van der Waals surface area contributed by atoms with Crippen LogP contribution < -0.4 is 5.32 Å². The average molecular weight is 390 g/mol. The van der Waals surface area contributed by atoms with E-state index in [1.54, 1.807) is 43.5 Å². The highest BCUT2D eigenvalue weighted by Gasteiger charge is 2.28. The lowest BCUT2D eigenvalue weighted by atomic mass is 10.2. The van der Waals surface area contributed by atoms with E-state index in [1.165, 1.54) is 23.1 Å². The number of anilines is 1. The van der Waals surface area contributed by atoms with Crippen molar-refractivity contribution in [2.24, 2.45) is 0 Å². The van der Waals surface area contributed by atoms with Gasteiger partial charge < -0.3 is 5.32 Å². The highest BCUT2D eigenvalue weighted by Crippen LogP contribution is 2.39. The zero-order valence-corrected chi connectivity index (χ0v) is 16.0. The van der Waals surface area contributed by atoms with Gasteiger partial charge in [-0.05, 0) is 44.4 Å². The van der Waals surface area contributed by atoms with Crippen LogP contribution in [0.3, 0.4) is 0 Å². The van der Waals surface area contributed by atoms with Gasteiger partial charge in [-0.3, -0.25) is 4.79 Å². The van der Waals surface area contributed by atoms with E-state index in [9.17, 15) is 13.2 Å². The second-order valence-corrected chi connectivity index (χ2v) is 9.86. The van der Waals surface area contributed by atoms with Crippen LogP contribution in [-0.4, -0.2) is 25.8 Å². The predicted molar refractivity (Wildman–Crippen MR) is 97.8 cm³/mol. The van der Waals surface area contributed by atoms with Gasteiger partial charge in [-0.25, -0.2) is 8.42 Å². The summed E-state index contributed by atoms with van der Waals surface area (Å²) in [5.41, 5.74) is 0.743. The summed E-state index contributed by atoms with van der Waals surface area (Å²) in [5, 5.41) is 4.33. The first kappa shape index (κ1) is 18.3. The minimum atomic E-state index is -3.49. The van der Waals surface area contributed by atoms with Crippen LogP contribution in [0.15, 0.2) is 38.8 Å². The number of carbonyl (C=O) groups excluding carboxylic acids is 1. The minimum Gasteiger partial charge on any atom is -0.320 e.